The number of rotatable bonds is 5. The van der Waals surface area contributed by atoms with Crippen molar-refractivity contribution in [3.8, 4) is 0 Å². The van der Waals surface area contributed by atoms with E-state index in [4.69, 9.17) is 10.8 Å². The molecule has 5 N–H and O–H groups in total. The van der Waals surface area contributed by atoms with Crippen LogP contribution in [0.2, 0.25) is 0 Å². The molecule has 0 aromatic heterocycles. The van der Waals surface area contributed by atoms with Gasteiger partial charge in [0.2, 0.25) is 0 Å². The number of benzene rings is 2. The zero-order valence-corrected chi connectivity index (χ0v) is 13.2. The summed E-state index contributed by atoms with van der Waals surface area (Å²) in [5, 5.41) is 15.7. The molecule has 0 fully saturated rings. The van der Waals surface area contributed by atoms with Crippen molar-refractivity contribution in [2.24, 2.45) is 10.8 Å². The predicted octanol–water partition coefficient (Wildman–Crippen LogP) is 1.80. The Labute approximate surface area is 143 Å². The number of hydrazone groups is 1. The van der Waals surface area contributed by atoms with Crippen LogP contribution in [0.1, 0.15) is 26.3 Å². The quantitative estimate of drug-likeness (QED) is 0.374. The van der Waals surface area contributed by atoms with Crippen LogP contribution < -0.4 is 16.5 Å². The lowest BCUT2D eigenvalue weighted by atomic mass is 10.1. The Balaban J connectivity index is 2.09. The molecule has 0 bridgehead atoms. The fraction of sp³-hybridized carbons (Fsp3) is 0. The topological polar surface area (TPSA) is 117 Å². The highest BCUT2D eigenvalue weighted by molar-refractivity contribution is 7.80. The van der Waals surface area contributed by atoms with Crippen molar-refractivity contribution in [2.75, 3.05) is 5.32 Å². The number of nitrogens with two attached hydrogens (primary N) is 1. The second-order valence-electron chi connectivity index (χ2n) is 4.66. The molecule has 1 amide bonds. The summed E-state index contributed by atoms with van der Waals surface area (Å²) in [4.78, 5) is 23.4. The Morgan fingerprint density at radius 2 is 1.71 bits per heavy atom. The first-order valence-electron chi connectivity index (χ1n) is 6.79. The number of anilines is 1. The van der Waals surface area contributed by atoms with Crippen LogP contribution in [0.15, 0.2) is 53.6 Å². The maximum absolute atomic E-state index is 12.2. The second kappa shape index (κ2) is 7.84. The fourth-order valence-corrected chi connectivity index (χ4v) is 1.94. The Bertz CT molecular complexity index is 803. The van der Waals surface area contributed by atoms with Crippen LogP contribution in [0.4, 0.5) is 5.69 Å². The first kappa shape index (κ1) is 17.1. The van der Waals surface area contributed by atoms with E-state index in [0.717, 1.165) is 5.56 Å². The standard InChI is InChI=1S/C16H14N4O3S/c17-16(24)20-18-9-10-5-7-11(8-6-10)19-14(21)12-3-1-2-4-13(12)15(22)23/h1-9H,(H,19,21)(H,22,23)(H3,17,20,24)/b18-9+. The van der Waals surface area contributed by atoms with Gasteiger partial charge in [-0.2, -0.15) is 5.10 Å². The zero-order chi connectivity index (χ0) is 17.5. The summed E-state index contributed by atoms with van der Waals surface area (Å²) in [7, 11) is 0. The average Bonchev–Trinajstić information content (AvgIpc) is 2.56. The highest BCUT2D eigenvalue weighted by Gasteiger charge is 2.15. The summed E-state index contributed by atoms with van der Waals surface area (Å²) in [5.41, 5.74) is 9.01. The van der Waals surface area contributed by atoms with Crippen LogP contribution in [0.3, 0.4) is 0 Å². The first-order valence-corrected chi connectivity index (χ1v) is 7.20. The molecule has 0 aliphatic heterocycles. The normalized spacial score (nSPS) is 10.3. The van der Waals surface area contributed by atoms with E-state index >= 15 is 0 Å². The van der Waals surface area contributed by atoms with E-state index in [1.165, 1.54) is 18.3 Å². The number of thiocarbonyl (C=S) groups is 1. The van der Waals surface area contributed by atoms with Gasteiger partial charge in [0.15, 0.2) is 5.11 Å². The molecule has 0 aliphatic carbocycles. The minimum atomic E-state index is -1.15. The summed E-state index contributed by atoms with van der Waals surface area (Å²) in [5.74, 6) is -1.65. The monoisotopic (exact) mass is 342 g/mol. The van der Waals surface area contributed by atoms with Gasteiger partial charge >= 0.3 is 5.97 Å². The minimum absolute atomic E-state index is 0.0532. The van der Waals surface area contributed by atoms with E-state index in [0.29, 0.717) is 5.69 Å². The lowest BCUT2D eigenvalue weighted by Crippen LogP contribution is -2.23. The highest BCUT2D eigenvalue weighted by atomic mass is 32.1. The fourth-order valence-electron chi connectivity index (χ4n) is 1.89. The van der Waals surface area contributed by atoms with Crippen LogP contribution in [0.5, 0.6) is 0 Å². The van der Waals surface area contributed by atoms with Crippen LogP contribution in [0.25, 0.3) is 0 Å². The van der Waals surface area contributed by atoms with Crippen molar-refractivity contribution in [2.45, 2.75) is 0 Å². The second-order valence-corrected chi connectivity index (χ2v) is 5.10. The molecule has 0 saturated heterocycles. The predicted molar refractivity (Wildman–Crippen MR) is 95.3 cm³/mol. The summed E-state index contributed by atoms with van der Waals surface area (Å²) in [6.07, 6.45) is 1.52. The van der Waals surface area contributed by atoms with Crippen LogP contribution >= 0.6 is 12.2 Å². The zero-order valence-electron chi connectivity index (χ0n) is 12.4. The lowest BCUT2D eigenvalue weighted by molar-refractivity contribution is 0.0692. The molecule has 2 rings (SSSR count). The van der Waals surface area contributed by atoms with Gasteiger partial charge in [0.05, 0.1) is 17.3 Å². The molecule has 0 atom stereocenters. The molecular weight excluding hydrogens is 328 g/mol. The smallest absolute Gasteiger partial charge is 0.336 e. The van der Waals surface area contributed by atoms with Crippen LogP contribution in [0, 0.1) is 0 Å². The summed E-state index contributed by atoms with van der Waals surface area (Å²) in [6.45, 7) is 0. The van der Waals surface area contributed by atoms with E-state index in [-0.39, 0.29) is 16.2 Å². The van der Waals surface area contributed by atoms with Crippen molar-refractivity contribution < 1.29 is 14.7 Å². The molecule has 24 heavy (non-hydrogen) atoms. The Kier molecular flexibility index (Phi) is 5.58. The third-order valence-electron chi connectivity index (χ3n) is 2.96. The number of carboxylic acid groups (broad SMARTS) is 1. The Hall–Kier alpha value is -3.26. The summed E-state index contributed by atoms with van der Waals surface area (Å²) >= 11 is 4.62. The summed E-state index contributed by atoms with van der Waals surface area (Å²) < 4.78 is 0. The molecule has 0 unspecified atom stereocenters. The highest BCUT2D eigenvalue weighted by Crippen LogP contribution is 2.13. The van der Waals surface area contributed by atoms with E-state index in [1.54, 1.807) is 36.4 Å². The van der Waals surface area contributed by atoms with Crippen molar-refractivity contribution in [1.82, 2.24) is 5.43 Å². The maximum atomic E-state index is 12.2. The van der Waals surface area contributed by atoms with Gasteiger partial charge in [-0.05, 0) is 42.0 Å². The molecule has 7 nitrogen and oxygen atoms in total. The molecule has 0 spiro atoms. The molecule has 0 saturated carbocycles. The number of carboxylic acids is 1. The Morgan fingerprint density at radius 3 is 2.29 bits per heavy atom. The van der Waals surface area contributed by atoms with Crippen molar-refractivity contribution in [3.63, 3.8) is 0 Å². The van der Waals surface area contributed by atoms with Gasteiger partial charge < -0.3 is 16.2 Å². The first-order chi connectivity index (χ1) is 11.5. The number of nitrogens with zero attached hydrogens (tertiary/aromatic N) is 1. The summed E-state index contributed by atoms with van der Waals surface area (Å²) in [6, 6.07) is 12.8. The van der Waals surface area contributed by atoms with Gasteiger partial charge in [-0.15, -0.1) is 0 Å². The van der Waals surface area contributed by atoms with Gasteiger partial charge in [0.1, 0.15) is 0 Å². The number of amides is 1. The van der Waals surface area contributed by atoms with Gasteiger partial charge in [-0.1, -0.05) is 24.3 Å². The number of aromatic carboxylic acids is 1. The number of carbonyl (C=O) groups excluding carboxylic acids is 1. The lowest BCUT2D eigenvalue weighted by Gasteiger charge is -2.08. The molecule has 2 aromatic rings. The SMILES string of the molecule is NC(=S)N/N=C/c1ccc(NC(=O)c2ccccc2C(=O)O)cc1. The van der Waals surface area contributed by atoms with Crippen molar-refractivity contribution in [3.05, 3.63) is 65.2 Å². The molecule has 122 valence electrons. The number of hydrogen-bond donors (Lipinski definition) is 4. The molecule has 0 radical (unpaired) electrons. The van der Waals surface area contributed by atoms with Gasteiger partial charge in [-0.25, -0.2) is 4.79 Å². The van der Waals surface area contributed by atoms with E-state index < -0.39 is 11.9 Å². The third-order valence-corrected chi connectivity index (χ3v) is 3.05. The van der Waals surface area contributed by atoms with Crippen molar-refractivity contribution in [1.29, 1.82) is 0 Å². The number of nitrogens with one attached hydrogen (secondary N) is 2. The van der Waals surface area contributed by atoms with E-state index in [1.807, 2.05) is 0 Å². The number of carbonyl (C=O) groups is 2. The van der Waals surface area contributed by atoms with Gasteiger partial charge in [0, 0.05) is 5.69 Å². The van der Waals surface area contributed by atoms with Crippen molar-refractivity contribution >= 4 is 41.1 Å². The largest absolute Gasteiger partial charge is 0.478 e. The molecular formula is C16H14N4O3S. The maximum Gasteiger partial charge on any atom is 0.336 e. The third kappa shape index (κ3) is 4.62. The van der Waals surface area contributed by atoms with E-state index in [9.17, 15) is 9.59 Å². The molecule has 2 aromatic carbocycles. The van der Waals surface area contributed by atoms with Gasteiger partial charge in [-0.3, -0.25) is 10.2 Å². The molecule has 0 heterocycles. The van der Waals surface area contributed by atoms with Crippen LogP contribution in [-0.4, -0.2) is 28.3 Å². The Morgan fingerprint density at radius 1 is 1.08 bits per heavy atom. The minimum Gasteiger partial charge on any atom is -0.478 e. The molecule has 8 heteroatoms. The van der Waals surface area contributed by atoms with Gasteiger partial charge in [0.25, 0.3) is 5.91 Å². The average molecular weight is 342 g/mol. The van der Waals surface area contributed by atoms with E-state index in [2.05, 4.69) is 28.1 Å². The van der Waals surface area contributed by atoms with Crippen LogP contribution in [-0.2, 0) is 0 Å². The number of hydrogen-bond acceptors (Lipinski definition) is 4. The molecule has 0 aliphatic rings.